The van der Waals surface area contributed by atoms with Crippen LogP contribution in [-0.2, 0) is 4.74 Å². The summed E-state index contributed by atoms with van der Waals surface area (Å²) in [6, 6.07) is 7.49. The zero-order chi connectivity index (χ0) is 11.4. The number of amides is 2. The fourth-order valence-electron chi connectivity index (χ4n) is 1.52. The fourth-order valence-corrected chi connectivity index (χ4v) is 1.91. The van der Waals surface area contributed by atoms with Gasteiger partial charge in [-0.3, -0.25) is 0 Å². The van der Waals surface area contributed by atoms with Crippen LogP contribution in [0.15, 0.2) is 28.7 Å². The SMILES string of the molecule is O=C(Nc1ccccc1Br)N1CCOCC1. The molecule has 1 saturated heterocycles. The van der Waals surface area contributed by atoms with Crippen molar-refractivity contribution in [2.24, 2.45) is 0 Å². The fraction of sp³-hybridized carbons (Fsp3) is 0.364. The monoisotopic (exact) mass is 284 g/mol. The van der Waals surface area contributed by atoms with Crippen LogP contribution in [-0.4, -0.2) is 37.2 Å². The van der Waals surface area contributed by atoms with Gasteiger partial charge in [0.25, 0.3) is 0 Å². The van der Waals surface area contributed by atoms with E-state index in [-0.39, 0.29) is 6.03 Å². The maximum atomic E-state index is 11.9. The van der Waals surface area contributed by atoms with Crippen molar-refractivity contribution in [3.05, 3.63) is 28.7 Å². The van der Waals surface area contributed by atoms with E-state index >= 15 is 0 Å². The maximum absolute atomic E-state index is 11.9. The molecule has 16 heavy (non-hydrogen) atoms. The van der Waals surface area contributed by atoms with E-state index in [9.17, 15) is 4.79 Å². The van der Waals surface area contributed by atoms with Gasteiger partial charge >= 0.3 is 6.03 Å². The molecule has 0 atom stereocenters. The number of hydrogen-bond acceptors (Lipinski definition) is 2. The molecular formula is C11H13BrN2O2. The molecule has 0 aliphatic carbocycles. The number of benzene rings is 1. The van der Waals surface area contributed by atoms with Gasteiger partial charge in [0.2, 0.25) is 0 Å². The minimum Gasteiger partial charge on any atom is -0.378 e. The minimum absolute atomic E-state index is 0.0739. The zero-order valence-corrected chi connectivity index (χ0v) is 10.4. The summed E-state index contributed by atoms with van der Waals surface area (Å²) in [5, 5.41) is 2.86. The molecule has 2 rings (SSSR count). The number of rotatable bonds is 1. The third-order valence-corrected chi connectivity index (χ3v) is 3.11. The topological polar surface area (TPSA) is 41.6 Å². The van der Waals surface area contributed by atoms with Crippen molar-refractivity contribution >= 4 is 27.6 Å². The van der Waals surface area contributed by atoms with Gasteiger partial charge in [-0.1, -0.05) is 12.1 Å². The van der Waals surface area contributed by atoms with Crippen LogP contribution < -0.4 is 5.32 Å². The highest BCUT2D eigenvalue weighted by Gasteiger charge is 2.17. The molecule has 0 spiro atoms. The lowest BCUT2D eigenvalue weighted by Gasteiger charge is -2.27. The Kier molecular flexibility index (Phi) is 3.79. The normalized spacial score (nSPS) is 15.9. The van der Waals surface area contributed by atoms with Crippen LogP contribution in [0.5, 0.6) is 0 Å². The second kappa shape index (κ2) is 5.32. The molecule has 4 nitrogen and oxygen atoms in total. The summed E-state index contributed by atoms with van der Waals surface area (Å²) < 4.78 is 6.08. The quantitative estimate of drug-likeness (QED) is 0.860. The van der Waals surface area contributed by atoms with Crippen molar-refractivity contribution in [2.45, 2.75) is 0 Å². The number of nitrogens with one attached hydrogen (secondary N) is 1. The van der Waals surface area contributed by atoms with Crippen molar-refractivity contribution in [3.63, 3.8) is 0 Å². The van der Waals surface area contributed by atoms with Gasteiger partial charge in [0.15, 0.2) is 0 Å². The van der Waals surface area contributed by atoms with Gasteiger partial charge in [-0.15, -0.1) is 0 Å². The van der Waals surface area contributed by atoms with E-state index in [0.717, 1.165) is 10.2 Å². The molecule has 0 saturated carbocycles. The van der Waals surface area contributed by atoms with E-state index in [4.69, 9.17) is 4.74 Å². The predicted molar refractivity (Wildman–Crippen MR) is 65.6 cm³/mol. The highest BCUT2D eigenvalue weighted by atomic mass is 79.9. The first-order valence-corrected chi connectivity index (χ1v) is 5.95. The summed E-state index contributed by atoms with van der Waals surface area (Å²) in [7, 11) is 0. The molecule has 0 unspecified atom stereocenters. The minimum atomic E-state index is -0.0739. The number of hydrogen-bond donors (Lipinski definition) is 1. The second-order valence-electron chi connectivity index (χ2n) is 3.51. The Morgan fingerprint density at radius 3 is 2.69 bits per heavy atom. The van der Waals surface area contributed by atoms with E-state index in [1.807, 2.05) is 24.3 Å². The largest absolute Gasteiger partial charge is 0.378 e. The molecule has 1 aromatic carbocycles. The predicted octanol–water partition coefficient (Wildman–Crippen LogP) is 2.31. The number of carbonyl (C=O) groups excluding carboxylic acids is 1. The average molecular weight is 285 g/mol. The van der Waals surface area contributed by atoms with Crippen LogP contribution in [0.1, 0.15) is 0 Å². The summed E-state index contributed by atoms with van der Waals surface area (Å²) in [5.74, 6) is 0. The lowest BCUT2D eigenvalue weighted by molar-refractivity contribution is 0.0564. The van der Waals surface area contributed by atoms with Crippen molar-refractivity contribution in [1.82, 2.24) is 4.90 Å². The van der Waals surface area contributed by atoms with Gasteiger partial charge in [-0.2, -0.15) is 0 Å². The maximum Gasteiger partial charge on any atom is 0.322 e. The van der Waals surface area contributed by atoms with E-state index in [1.165, 1.54) is 0 Å². The molecule has 86 valence electrons. The number of anilines is 1. The van der Waals surface area contributed by atoms with Gasteiger partial charge in [-0.05, 0) is 28.1 Å². The van der Waals surface area contributed by atoms with Gasteiger partial charge in [-0.25, -0.2) is 4.79 Å². The first-order valence-electron chi connectivity index (χ1n) is 5.15. The van der Waals surface area contributed by atoms with Crippen molar-refractivity contribution in [3.8, 4) is 0 Å². The Labute approximate surface area is 103 Å². The first kappa shape index (κ1) is 11.4. The molecule has 1 heterocycles. The first-order chi connectivity index (χ1) is 7.77. The number of carbonyl (C=O) groups is 1. The lowest BCUT2D eigenvalue weighted by atomic mass is 10.3. The van der Waals surface area contributed by atoms with Crippen LogP contribution in [0.2, 0.25) is 0 Å². The molecule has 0 aromatic heterocycles. The third-order valence-electron chi connectivity index (χ3n) is 2.41. The summed E-state index contributed by atoms with van der Waals surface area (Å²) in [6.45, 7) is 2.53. The number of halogens is 1. The van der Waals surface area contributed by atoms with Gasteiger partial charge < -0.3 is 15.0 Å². The van der Waals surface area contributed by atoms with Crippen LogP contribution in [0, 0.1) is 0 Å². The summed E-state index contributed by atoms with van der Waals surface area (Å²) >= 11 is 3.39. The molecule has 0 bridgehead atoms. The van der Waals surface area contributed by atoms with E-state index in [2.05, 4.69) is 21.2 Å². The van der Waals surface area contributed by atoms with Crippen molar-refractivity contribution in [2.75, 3.05) is 31.6 Å². The zero-order valence-electron chi connectivity index (χ0n) is 8.78. The van der Waals surface area contributed by atoms with Gasteiger partial charge in [0.05, 0.1) is 18.9 Å². The molecule has 5 heteroatoms. The van der Waals surface area contributed by atoms with Crippen LogP contribution >= 0.6 is 15.9 Å². The number of nitrogens with zero attached hydrogens (tertiary/aromatic N) is 1. The highest BCUT2D eigenvalue weighted by Crippen LogP contribution is 2.21. The second-order valence-corrected chi connectivity index (χ2v) is 4.36. The van der Waals surface area contributed by atoms with Crippen molar-refractivity contribution in [1.29, 1.82) is 0 Å². The molecule has 1 aliphatic heterocycles. The molecule has 2 amide bonds. The molecule has 1 aromatic rings. The number of para-hydroxylation sites is 1. The summed E-state index contributed by atoms with van der Waals surface area (Å²) in [6.07, 6.45) is 0. The number of morpholine rings is 1. The number of urea groups is 1. The molecular weight excluding hydrogens is 272 g/mol. The Morgan fingerprint density at radius 1 is 1.31 bits per heavy atom. The van der Waals surface area contributed by atoms with E-state index < -0.39 is 0 Å². The molecule has 1 fully saturated rings. The molecule has 1 aliphatic rings. The molecule has 0 radical (unpaired) electrons. The highest BCUT2D eigenvalue weighted by molar-refractivity contribution is 9.10. The van der Waals surface area contributed by atoms with Crippen LogP contribution in [0.4, 0.5) is 10.5 Å². The van der Waals surface area contributed by atoms with Gasteiger partial charge in [0.1, 0.15) is 0 Å². The van der Waals surface area contributed by atoms with Crippen LogP contribution in [0.25, 0.3) is 0 Å². The number of ether oxygens (including phenoxy) is 1. The average Bonchev–Trinajstić information content (AvgIpc) is 2.33. The Bertz CT molecular complexity index is 378. The van der Waals surface area contributed by atoms with E-state index in [1.54, 1.807) is 4.90 Å². The standard InChI is InChI=1S/C11H13BrN2O2/c12-9-3-1-2-4-10(9)13-11(15)14-5-7-16-8-6-14/h1-4H,5-8H2,(H,13,15). The molecule has 1 N–H and O–H groups in total. The summed E-state index contributed by atoms with van der Waals surface area (Å²) in [5.41, 5.74) is 0.791. The lowest BCUT2D eigenvalue weighted by Crippen LogP contribution is -2.43. The van der Waals surface area contributed by atoms with E-state index in [0.29, 0.717) is 26.3 Å². The Hall–Kier alpha value is -1.07. The summed E-state index contributed by atoms with van der Waals surface area (Å²) in [4.78, 5) is 13.6. The Morgan fingerprint density at radius 2 is 2.00 bits per heavy atom. The smallest absolute Gasteiger partial charge is 0.322 e. The third kappa shape index (κ3) is 2.74. The Balaban J connectivity index is 1.99. The van der Waals surface area contributed by atoms with Gasteiger partial charge in [0, 0.05) is 17.6 Å². The van der Waals surface area contributed by atoms with Crippen molar-refractivity contribution < 1.29 is 9.53 Å². The van der Waals surface area contributed by atoms with Crippen LogP contribution in [0.3, 0.4) is 0 Å².